The summed E-state index contributed by atoms with van der Waals surface area (Å²) in [6, 6.07) is 3.78. The van der Waals surface area contributed by atoms with E-state index < -0.39 is 0 Å². The van der Waals surface area contributed by atoms with E-state index in [1.54, 1.807) is 14.2 Å². The van der Waals surface area contributed by atoms with Crippen LogP contribution < -0.4 is 15.2 Å². The maximum atomic E-state index is 5.99. The van der Waals surface area contributed by atoms with Gasteiger partial charge in [0.2, 0.25) is 0 Å². The van der Waals surface area contributed by atoms with Crippen molar-refractivity contribution in [2.75, 3.05) is 40.1 Å². The molecule has 0 aliphatic heterocycles. The molecule has 2 N–H and O–H groups in total. The summed E-state index contributed by atoms with van der Waals surface area (Å²) in [7, 11) is 5.34. The molecule has 0 bridgehead atoms. The minimum absolute atomic E-state index is 0. The van der Waals surface area contributed by atoms with Gasteiger partial charge >= 0.3 is 0 Å². The molecule has 1 aromatic rings. The number of nitrogens with zero attached hydrogens (tertiary/aromatic N) is 1. The summed E-state index contributed by atoms with van der Waals surface area (Å²) in [4.78, 5) is 2.25. The first-order valence-corrected chi connectivity index (χ1v) is 5.81. The van der Waals surface area contributed by atoms with Gasteiger partial charge in [0, 0.05) is 18.3 Å². The van der Waals surface area contributed by atoms with E-state index in [0.29, 0.717) is 5.75 Å². The van der Waals surface area contributed by atoms with Gasteiger partial charge in [0.15, 0.2) is 11.5 Å². The molecule has 5 heteroatoms. The first-order chi connectivity index (χ1) is 8.12. The van der Waals surface area contributed by atoms with Crippen molar-refractivity contribution in [1.29, 1.82) is 0 Å². The lowest BCUT2D eigenvalue weighted by Gasteiger charge is -2.16. The molecule has 0 heterocycles. The molecule has 0 aliphatic rings. The van der Waals surface area contributed by atoms with Crippen molar-refractivity contribution in [1.82, 2.24) is 4.90 Å². The van der Waals surface area contributed by atoms with Crippen molar-refractivity contribution in [3.05, 3.63) is 17.7 Å². The zero-order valence-corrected chi connectivity index (χ0v) is 12.3. The molecule has 0 aromatic heterocycles. The van der Waals surface area contributed by atoms with Gasteiger partial charge in [-0.3, -0.25) is 0 Å². The van der Waals surface area contributed by atoms with Crippen LogP contribution in [0.3, 0.4) is 0 Å². The number of anilines is 1. The fourth-order valence-electron chi connectivity index (χ4n) is 1.62. The Balaban J connectivity index is 0.00000289. The molecule has 0 radical (unpaired) electrons. The highest BCUT2D eigenvalue weighted by Gasteiger charge is 2.09. The Labute approximate surface area is 115 Å². The largest absolute Gasteiger partial charge is 0.493 e. The molecule has 104 valence electrons. The molecular weight excluding hydrogens is 252 g/mol. The maximum absolute atomic E-state index is 5.99. The van der Waals surface area contributed by atoms with Gasteiger partial charge in [-0.05, 0) is 31.6 Å². The van der Waals surface area contributed by atoms with E-state index in [9.17, 15) is 0 Å². The Morgan fingerprint density at radius 2 is 1.72 bits per heavy atom. The van der Waals surface area contributed by atoms with Crippen LogP contribution in [0.4, 0.5) is 5.69 Å². The van der Waals surface area contributed by atoms with E-state index in [-0.39, 0.29) is 12.4 Å². The van der Waals surface area contributed by atoms with Crippen LogP contribution in [0.1, 0.15) is 12.5 Å². The quantitative estimate of drug-likeness (QED) is 0.808. The number of ether oxygens (including phenoxy) is 2. The third kappa shape index (κ3) is 4.27. The second kappa shape index (κ2) is 8.06. The molecule has 1 rings (SSSR count). The SMILES string of the molecule is CCN(C)CCc1cc(OC)c(OC)cc1N.Cl. The summed E-state index contributed by atoms with van der Waals surface area (Å²) in [5, 5.41) is 0. The monoisotopic (exact) mass is 274 g/mol. The molecule has 18 heavy (non-hydrogen) atoms. The predicted octanol–water partition coefficient (Wildman–Crippen LogP) is 2.20. The molecule has 0 saturated carbocycles. The van der Waals surface area contributed by atoms with Gasteiger partial charge in [0.25, 0.3) is 0 Å². The van der Waals surface area contributed by atoms with Crippen molar-refractivity contribution >= 4 is 18.1 Å². The zero-order chi connectivity index (χ0) is 12.8. The fraction of sp³-hybridized carbons (Fsp3) is 0.538. The van der Waals surface area contributed by atoms with E-state index in [1.807, 2.05) is 12.1 Å². The Bertz CT molecular complexity index is 372. The van der Waals surface area contributed by atoms with Crippen molar-refractivity contribution in [2.24, 2.45) is 0 Å². The minimum Gasteiger partial charge on any atom is -0.493 e. The van der Waals surface area contributed by atoms with E-state index in [4.69, 9.17) is 15.2 Å². The zero-order valence-electron chi connectivity index (χ0n) is 11.5. The van der Waals surface area contributed by atoms with Crippen LogP contribution in [0.15, 0.2) is 12.1 Å². The molecule has 1 aromatic carbocycles. The average Bonchev–Trinajstić information content (AvgIpc) is 2.36. The van der Waals surface area contributed by atoms with Gasteiger partial charge in [-0.2, -0.15) is 0 Å². The van der Waals surface area contributed by atoms with Crippen molar-refractivity contribution < 1.29 is 9.47 Å². The van der Waals surface area contributed by atoms with Crippen LogP contribution in [-0.4, -0.2) is 39.3 Å². The summed E-state index contributed by atoms with van der Waals surface area (Å²) >= 11 is 0. The van der Waals surface area contributed by atoms with Crippen LogP contribution in [0.25, 0.3) is 0 Å². The number of halogens is 1. The molecule has 0 spiro atoms. The van der Waals surface area contributed by atoms with Crippen LogP contribution in [0.5, 0.6) is 11.5 Å². The highest BCUT2D eigenvalue weighted by molar-refractivity contribution is 5.85. The van der Waals surface area contributed by atoms with E-state index in [2.05, 4.69) is 18.9 Å². The van der Waals surface area contributed by atoms with Gasteiger partial charge in [0.1, 0.15) is 0 Å². The summed E-state index contributed by atoms with van der Waals surface area (Å²) in [5.41, 5.74) is 7.85. The van der Waals surface area contributed by atoms with Crippen LogP contribution in [0.2, 0.25) is 0 Å². The van der Waals surface area contributed by atoms with Gasteiger partial charge in [0.05, 0.1) is 14.2 Å². The molecule has 0 fully saturated rings. The minimum atomic E-state index is 0. The number of nitrogens with two attached hydrogens (primary N) is 1. The predicted molar refractivity (Wildman–Crippen MR) is 78.1 cm³/mol. The first kappa shape index (κ1) is 16.9. The smallest absolute Gasteiger partial charge is 0.162 e. The van der Waals surface area contributed by atoms with E-state index >= 15 is 0 Å². The number of benzene rings is 1. The summed E-state index contributed by atoms with van der Waals surface area (Å²) in [6.45, 7) is 4.15. The molecule has 0 amide bonds. The summed E-state index contributed by atoms with van der Waals surface area (Å²) in [5.74, 6) is 1.41. The second-order valence-corrected chi connectivity index (χ2v) is 4.05. The van der Waals surface area contributed by atoms with Crippen LogP contribution >= 0.6 is 12.4 Å². The number of likely N-dealkylation sites (N-methyl/N-ethyl adjacent to an activating group) is 1. The highest BCUT2D eigenvalue weighted by Crippen LogP contribution is 2.32. The Kier molecular flexibility index (Phi) is 7.55. The lowest BCUT2D eigenvalue weighted by Crippen LogP contribution is -2.20. The average molecular weight is 275 g/mol. The fourth-order valence-corrected chi connectivity index (χ4v) is 1.62. The lowest BCUT2D eigenvalue weighted by molar-refractivity contribution is 0.350. The third-order valence-corrected chi connectivity index (χ3v) is 2.95. The molecule has 0 unspecified atom stereocenters. The Hall–Kier alpha value is -1.13. The number of methoxy groups -OCH3 is 2. The first-order valence-electron chi connectivity index (χ1n) is 5.81. The number of nitrogen functional groups attached to an aromatic ring is 1. The molecule has 0 saturated heterocycles. The number of hydrogen-bond acceptors (Lipinski definition) is 4. The standard InChI is InChI=1S/C13H22N2O2.ClH/c1-5-15(2)7-6-10-8-12(16-3)13(17-4)9-11(10)14;/h8-9H,5-7,14H2,1-4H3;1H. The van der Waals surface area contributed by atoms with Crippen molar-refractivity contribution in [3.8, 4) is 11.5 Å². The second-order valence-electron chi connectivity index (χ2n) is 4.05. The van der Waals surface area contributed by atoms with Gasteiger partial charge < -0.3 is 20.1 Å². The van der Waals surface area contributed by atoms with Crippen molar-refractivity contribution in [2.45, 2.75) is 13.3 Å². The van der Waals surface area contributed by atoms with Crippen molar-refractivity contribution in [3.63, 3.8) is 0 Å². The molecule has 0 aliphatic carbocycles. The lowest BCUT2D eigenvalue weighted by atomic mass is 10.1. The Morgan fingerprint density at radius 1 is 1.17 bits per heavy atom. The summed E-state index contributed by atoms with van der Waals surface area (Å²) in [6.07, 6.45) is 0.913. The normalized spacial score (nSPS) is 10.1. The van der Waals surface area contributed by atoms with Gasteiger partial charge in [-0.15, -0.1) is 12.4 Å². The van der Waals surface area contributed by atoms with Crippen LogP contribution in [0, 0.1) is 0 Å². The number of hydrogen-bond donors (Lipinski definition) is 1. The van der Waals surface area contributed by atoms with E-state index in [0.717, 1.165) is 36.5 Å². The van der Waals surface area contributed by atoms with Gasteiger partial charge in [-0.25, -0.2) is 0 Å². The molecule has 0 atom stereocenters. The highest BCUT2D eigenvalue weighted by atomic mass is 35.5. The maximum Gasteiger partial charge on any atom is 0.162 e. The van der Waals surface area contributed by atoms with Gasteiger partial charge in [-0.1, -0.05) is 6.92 Å². The third-order valence-electron chi connectivity index (χ3n) is 2.95. The topological polar surface area (TPSA) is 47.7 Å². The van der Waals surface area contributed by atoms with Crippen LogP contribution in [-0.2, 0) is 6.42 Å². The molecular formula is C13H23ClN2O2. The van der Waals surface area contributed by atoms with E-state index in [1.165, 1.54) is 0 Å². The molecule has 4 nitrogen and oxygen atoms in total. The Morgan fingerprint density at radius 3 is 2.22 bits per heavy atom. The summed E-state index contributed by atoms with van der Waals surface area (Å²) < 4.78 is 10.5. The number of rotatable bonds is 6.